The first-order valence-corrected chi connectivity index (χ1v) is 5.08. The first-order chi connectivity index (χ1) is 6.27. The Bertz CT molecular complexity index is 146. The average Bonchev–Trinajstić information content (AvgIpc) is 2.09. The quantitative estimate of drug-likeness (QED) is 0.400. The van der Waals surface area contributed by atoms with E-state index in [0.717, 1.165) is 25.7 Å². The molecule has 3 heteroatoms. The van der Waals surface area contributed by atoms with Gasteiger partial charge in [-0.05, 0) is 25.7 Å². The number of rotatable bonds is 9. The van der Waals surface area contributed by atoms with Gasteiger partial charge >= 0.3 is 58.2 Å². The van der Waals surface area contributed by atoms with Gasteiger partial charge in [-0.25, -0.2) is 0 Å². The van der Waals surface area contributed by atoms with Crippen molar-refractivity contribution in [1.82, 2.24) is 0 Å². The van der Waals surface area contributed by atoms with Gasteiger partial charge in [-0.2, -0.15) is 0 Å². The Morgan fingerprint density at radius 2 is 1.57 bits per heavy atom. The molecule has 0 aliphatic rings. The molecule has 0 aromatic carbocycles. The Labute approximate surface area is 136 Å². The molecule has 0 atom stereocenters. The van der Waals surface area contributed by atoms with E-state index in [1.165, 1.54) is 19.3 Å². The van der Waals surface area contributed by atoms with Gasteiger partial charge in [-0.1, -0.05) is 31.8 Å². The molecule has 0 bridgehead atoms. The van der Waals surface area contributed by atoms with Gasteiger partial charge in [-0.3, -0.25) is 0 Å². The predicted molar refractivity (Wildman–Crippen MR) is 52.1 cm³/mol. The zero-order chi connectivity index (χ0) is 9.94. The minimum absolute atomic E-state index is 0. The molecule has 14 heavy (non-hydrogen) atoms. The number of unbranched alkanes of at least 4 members (excludes halogenated alkanes) is 6. The van der Waals surface area contributed by atoms with Crippen LogP contribution in [0.2, 0.25) is 0 Å². The van der Waals surface area contributed by atoms with Crippen LogP contribution in [0.25, 0.3) is 0 Å². The van der Waals surface area contributed by atoms with Crippen LogP contribution in [-0.4, -0.2) is 5.97 Å². The van der Waals surface area contributed by atoms with Gasteiger partial charge in [0.05, 0.1) is 0 Å². The summed E-state index contributed by atoms with van der Waals surface area (Å²) in [5.74, 6) is -0.924. The minimum atomic E-state index is -0.924. The Morgan fingerprint density at radius 1 is 1.07 bits per heavy atom. The van der Waals surface area contributed by atoms with Crippen LogP contribution >= 0.6 is 0 Å². The summed E-state index contributed by atoms with van der Waals surface area (Å²) in [5, 5.41) is 10.1. The van der Waals surface area contributed by atoms with Crippen molar-refractivity contribution in [1.29, 1.82) is 0 Å². The van der Waals surface area contributed by atoms with Crippen LogP contribution in [-0.2, 0) is 4.79 Å². The Kier molecular flexibility index (Phi) is 17.4. The number of carboxylic acid groups (broad SMARTS) is 1. The molecule has 0 amide bonds. The summed E-state index contributed by atoms with van der Waals surface area (Å²) in [7, 11) is 0. The third kappa shape index (κ3) is 15.5. The van der Waals surface area contributed by atoms with Gasteiger partial charge in [0.1, 0.15) is 0 Å². The number of carbonyl (C=O) groups excluding carboxylic acids is 1. The largest absolute Gasteiger partial charge is 1.00 e. The standard InChI is InChI=1S/C11H20O2.Rb/c1-2-3-4-5-6-7-8-9-10-11(12)13;/h2H,1,3-10H2,(H,12,13);/q;+1/p-1. The Balaban J connectivity index is 0. The summed E-state index contributed by atoms with van der Waals surface area (Å²) in [6.45, 7) is 3.66. The second-order valence-corrected chi connectivity index (χ2v) is 3.32. The third-order valence-electron chi connectivity index (χ3n) is 2.04. The molecule has 0 rings (SSSR count). The number of hydrogen-bond acceptors (Lipinski definition) is 2. The molecular weight excluding hydrogens is 250 g/mol. The van der Waals surface area contributed by atoms with Crippen molar-refractivity contribution >= 4 is 5.97 Å². The fourth-order valence-electron chi connectivity index (χ4n) is 1.27. The number of hydrogen-bond donors (Lipinski definition) is 0. The fourth-order valence-corrected chi connectivity index (χ4v) is 1.27. The summed E-state index contributed by atoms with van der Waals surface area (Å²) in [6, 6.07) is 0. The molecule has 0 spiro atoms. The molecule has 0 fully saturated rings. The van der Waals surface area contributed by atoms with Crippen LogP contribution in [0, 0.1) is 0 Å². The van der Waals surface area contributed by atoms with Crippen LogP contribution in [0.3, 0.4) is 0 Å². The molecule has 0 aliphatic carbocycles. The van der Waals surface area contributed by atoms with E-state index in [1.807, 2.05) is 6.08 Å². The molecule has 2 nitrogen and oxygen atoms in total. The number of carbonyl (C=O) groups is 1. The number of allylic oxidation sites excluding steroid dienone is 1. The van der Waals surface area contributed by atoms with Gasteiger partial charge in [0.2, 0.25) is 0 Å². The second kappa shape index (κ2) is 14.0. The first kappa shape index (κ1) is 17.4. The third-order valence-corrected chi connectivity index (χ3v) is 2.04. The maximum absolute atomic E-state index is 10.1. The van der Waals surface area contributed by atoms with E-state index in [9.17, 15) is 9.90 Å². The minimum Gasteiger partial charge on any atom is -0.550 e. The molecule has 0 N–H and O–H groups in total. The molecule has 0 radical (unpaired) electrons. The number of aliphatic carboxylic acids is 1. The Hall–Kier alpha value is 1.02. The van der Waals surface area contributed by atoms with Crippen LogP contribution in [0.4, 0.5) is 0 Å². The van der Waals surface area contributed by atoms with E-state index in [0.29, 0.717) is 0 Å². The van der Waals surface area contributed by atoms with Gasteiger partial charge in [0.15, 0.2) is 0 Å². The Morgan fingerprint density at radius 3 is 2.07 bits per heavy atom. The van der Waals surface area contributed by atoms with Crippen molar-refractivity contribution in [2.45, 2.75) is 51.4 Å². The van der Waals surface area contributed by atoms with E-state index in [1.54, 1.807) is 0 Å². The van der Waals surface area contributed by atoms with E-state index >= 15 is 0 Å². The molecule has 0 aromatic heterocycles. The molecule has 0 aromatic rings. The van der Waals surface area contributed by atoms with Crippen LogP contribution in [0.1, 0.15) is 51.4 Å². The summed E-state index contributed by atoms with van der Waals surface area (Å²) in [4.78, 5) is 10.1. The maximum atomic E-state index is 10.1. The maximum Gasteiger partial charge on any atom is 1.00 e. The van der Waals surface area contributed by atoms with Gasteiger partial charge in [0, 0.05) is 5.97 Å². The summed E-state index contributed by atoms with van der Waals surface area (Å²) < 4.78 is 0. The monoisotopic (exact) mass is 268 g/mol. The molecule has 0 heterocycles. The smallest absolute Gasteiger partial charge is 0.550 e. The molecule has 76 valence electrons. The molecule has 0 unspecified atom stereocenters. The van der Waals surface area contributed by atoms with E-state index in [2.05, 4.69) is 6.58 Å². The van der Waals surface area contributed by atoms with E-state index in [4.69, 9.17) is 0 Å². The summed E-state index contributed by atoms with van der Waals surface area (Å²) in [6.07, 6.45) is 9.83. The van der Waals surface area contributed by atoms with Gasteiger partial charge in [-0.15, -0.1) is 6.58 Å². The molecular formula is C11H19O2Rb. The van der Waals surface area contributed by atoms with E-state index < -0.39 is 5.97 Å². The normalized spacial score (nSPS) is 9.14. The topological polar surface area (TPSA) is 40.1 Å². The SMILES string of the molecule is C=CCCCCCCCCC(=O)[O-].[Rb+]. The number of carboxylic acids is 1. The second-order valence-electron chi connectivity index (χ2n) is 3.32. The van der Waals surface area contributed by atoms with Crippen molar-refractivity contribution in [3.63, 3.8) is 0 Å². The zero-order valence-corrected chi connectivity index (χ0v) is 14.2. The molecule has 0 saturated carbocycles. The summed E-state index contributed by atoms with van der Waals surface area (Å²) in [5.41, 5.74) is 0. The molecule has 0 saturated heterocycles. The van der Waals surface area contributed by atoms with E-state index in [-0.39, 0.29) is 64.6 Å². The van der Waals surface area contributed by atoms with Gasteiger partial charge < -0.3 is 9.90 Å². The van der Waals surface area contributed by atoms with Crippen molar-refractivity contribution in [3.8, 4) is 0 Å². The van der Waals surface area contributed by atoms with Gasteiger partial charge in [0.25, 0.3) is 0 Å². The van der Waals surface area contributed by atoms with Crippen LogP contribution in [0.5, 0.6) is 0 Å². The average molecular weight is 269 g/mol. The predicted octanol–water partition coefficient (Wildman–Crippen LogP) is -0.953. The van der Waals surface area contributed by atoms with Crippen molar-refractivity contribution < 1.29 is 68.1 Å². The first-order valence-electron chi connectivity index (χ1n) is 5.08. The van der Waals surface area contributed by atoms with Crippen LogP contribution in [0.15, 0.2) is 12.7 Å². The van der Waals surface area contributed by atoms with Crippen molar-refractivity contribution in [2.24, 2.45) is 0 Å². The fraction of sp³-hybridized carbons (Fsp3) is 0.727. The zero-order valence-electron chi connectivity index (χ0n) is 9.26. The van der Waals surface area contributed by atoms with Crippen LogP contribution < -0.4 is 63.3 Å². The molecule has 0 aliphatic heterocycles. The van der Waals surface area contributed by atoms with Crippen molar-refractivity contribution in [2.75, 3.05) is 0 Å². The summed E-state index contributed by atoms with van der Waals surface area (Å²) >= 11 is 0. The van der Waals surface area contributed by atoms with Crippen molar-refractivity contribution in [3.05, 3.63) is 12.7 Å².